The van der Waals surface area contributed by atoms with Crippen LogP contribution in [-0.2, 0) is 4.74 Å². The summed E-state index contributed by atoms with van der Waals surface area (Å²) in [5, 5.41) is 5.90. The van der Waals surface area contributed by atoms with Crippen molar-refractivity contribution in [1.29, 1.82) is 0 Å². The average molecular weight is 322 g/mol. The second kappa shape index (κ2) is 6.38. The predicted octanol–water partition coefficient (Wildman–Crippen LogP) is 5.16. The second-order valence-electron chi connectivity index (χ2n) is 8.07. The van der Waals surface area contributed by atoms with E-state index in [0.717, 1.165) is 18.5 Å². The Morgan fingerprint density at radius 2 is 2.04 bits per heavy atom. The van der Waals surface area contributed by atoms with Crippen molar-refractivity contribution < 1.29 is 13.9 Å². The van der Waals surface area contributed by atoms with E-state index in [-0.39, 0.29) is 5.69 Å². The molecule has 1 unspecified atom stereocenters. The highest BCUT2D eigenvalue weighted by Gasteiger charge is 2.30. The van der Waals surface area contributed by atoms with Crippen LogP contribution in [0.5, 0.6) is 0 Å². The van der Waals surface area contributed by atoms with Crippen LogP contribution in [0.3, 0.4) is 0 Å². The van der Waals surface area contributed by atoms with Crippen LogP contribution in [0, 0.1) is 11.2 Å². The van der Waals surface area contributed by atoms with Gasteiger partial charge in [0.1, 0.15) is 11.4 Å². The Morgan fingerprint density at radius 3 is 2.61 bits per heavy atom. The molecule has 1 atom stereocenters. The van der Waals surface area contributed by atoms with Crippen molar-refractivity contribution in [3.63, 3.8) is 0 Å². The van der Waals surface area contributed by atoms with Gasteiger partial charge in [0.2, 0.25) is 0 Å². The molecule has 0 heterocycles. The molecule has 1 saturated carbocycles. The Labute approximate surface area is 137 Å². The van der Waals surface area contributed by atoms with Crippen molar-refractivity contribution in [2.75, 3.05) is 10.6 Å². The topological polar surface area (TPSA) is 50.4 Å². The van der Waals surface area contributed by atoms with E-state index in [0.29, 0.717) is 11.5 Å². The molecule has 0 spiro atoms. The first-order valence-electron chi connectivity index (χ1n) is 8.10. The van der Waals surface area contributed by atoms with Crippen LogP contribution < -0.4 is 10.6 Å². The van der Waals surface area contributed by atoms with E-state index in [1.807, 2.05) is 0 Å². The number of ether oxygens (including phenoxy) is 1. The van der Waals surface area contributed by atoms with E-state index in [1.165, 1.54) is 12.5 Å². The van der Waals surface area contributed by atoms with Gasteiger partial charge in [-0.05, 0) is 63.6 Å². The van der Waals surface area contributed by atoms with Crippen LogP contribution >= 0.6 is 0 Å². The summed E-state index contributed by atoms with van der Waals surface area (Å²) in [4.78, 5) is 11.8. The molecule has 0 saturated heterocycles. The van der Waals surface area contributed by atoms with E-state index in [1.54, 1.807) is 32.9 Å². The number of amides is 1. The van der Waals surface area contributed by atoms with Gasteiger partial charge in [-0.1, -0.05) is 13.8 Å². The van der Waals surface area contributed by atoms with E-state index in [2.05, 4.69) is 24.5 Å². The van der Waals surface area contributed by atoms with Crippen molar-refractivity contribution in [2.24, 2.45) is 5.41 Å². The molecule has 23 heavy (non-hydrogen) atoms. The van der Waals surface area contributed by atoms with Gasteiger partial charge in [-0.25, -0.2) is 9.18 Å². The third-order valence-electron chi connectivity index (χ3n) is 3.94. The first-order valence-corrected chi connectivity index (χ1v) is 8.10. The lowest BCUT2D eigenvalue weighted by Gasteiger charge is -2.21. The zero-order chi connectivity index (χ0) is 17.3. The molecule has 1 aromatic carbocycles. The summed E-state index contributed by atoms with van der Waals surface area (Å²) in [5.41, 5.74) is 0.655. The molecule has 0 aromatic heterocycles. The van der Waals surface area contributed by atoms with E-state index < -0.39 is 17.5 Å². The normalized spacial score (nSPS) is 20.2. The third kappa shape index (κ3) is 5.41. The highest BCUT2D eigenvalue weighted by Crippen LogP contribution is 2.38. The Balaban J connectivity index is 2.03. The molecule has 1 aromatic rings. The average Bonchev–Trinajstić information content (AvgIpc) is 2.70. The minimum absolute atomic E-state index is 0.126. The molecule has 4 nitrogen and oxygen atoms in total. The first kappa shape index (κ1) is 17.6. The van der Waals surface area contributed by atoms with Crippen molar-refractivity contribution in [3.05, 3.63) is 24.0 Å². The summed E-state index contributed by atoms with van der Waals surface area (Å²) in [5.74, 6) is -0.479. The number of carbonyl (C=O) groups excluding carboxylic acids is 1. The van der Waals surface area contributed by atoms with Gasteiger partial charge < -0.3 is 10.1 Å². The molecule has 0 radical (unpaired) electrons. The number of nitrogens with one attached hydrogen (secondary N) is 2. The summed E-state index contributed by atoms with van der Waals surface area (Å²) in [6.07, 6.45) is 2.70. The van der Waals surface area contributed by atoms with Gasteiger partial charge in [0.05, 0.1) is 5.69 Å². The maximum atomic E-state index is 13.9. The predicted molar refractivity (Wildman–Crippen MR) is 91.3 cm³/mol. The van der Waals surface area contributed by atoms with Crippen LogP contribution in [0.4, 0.5) is 20.6 Å². The molecule has 1 fully saturated rings. The molecule has 128 valence electrons. The Morgan fingerprint density at radius 1 is 1.35 bits per heavy atom. The fraction of sp³-hybridized carbons (Fsp3) is 0.611. The monoisotopic (exact) mass is 322 g/mol. The van der Waals surface area contributed by atoms with Crippen molar-refractivity contribution in [3.8, 4) is 0 Å². The molecule has 1 amide bonds. The maximum Gasteiger partial charge on any atom is 0.412 e. The maximum absolute atomic E-state index is 13.9. The fourth-order valence-electron chi connectivity index (χ4n) is 2.92. The lowest BCUT2D eigenvalue weighted by atomic mass is 9.92. The number of anilines is 2. The van der Waals surface area contributed by atoms with Gasteiger partial charge in [0, 0.05) is 11.7 Å². The zero-order valence-corrected chi connectivity index (χ0v) is 14.6. The molecule has 1 aliphatic carbocycles. The van der Waals surface area contributed by atoms with Gasteiger partial charge in [-0.2, -0.15) is 0 Å². The quantitative estimate of drug-likeness (QED) is 0.808. The highest BCUT2D eigenvalue weighted by molar-refractivity contribution is 5.85. The van der Waals surface area contributed by atoms with Gasteiger partial charge in [-0.3, -0.25) is 5.32 Å². The van der Waals surface area contributed by atoms with E-state index in [4.69, 9.17) is 4.74 Å². The molecule has 0 aliphatic heterocycles. The minimum Gasteiger partial charge on any atom is -0.444 e. The van der Waals surface area contributed by atoms with Gasteiger partial charge in [0.15, 0.2) is 0 Å². The van der Waals surface area contributed by atoms with Gasteiger partial charge >= 0.3 is 6.09 Å². The van der Waals surface area contributed by atoms with Crippen LogP contribution in [0.25, 0.3) is 0 Å². The van der Waals surface area contributed by atoms with Gasteiger partial charge in [0.25, 0.3) is 0 Å². The molecular formula is C18H27FN2O2. The van der Waals surface area contributed by atoms with Crippen LogP contribution in [0.15, 0.2) is 18.2 Å². The molecule has 1 aliphatic rings. The van der Waals surface area contributed by atoms with E-state index >= 15 is 0 Å². The Hall–Kier alpha value is -1.78. The number of carbonyl (C=O) groups is 1. The summed E-state index contributed by atoms with van der Waals surface area (Å²) >= 11 is 0. The summed E-state index contributed by atoms with van der Waals surface area (Å²) in [6, 6.07) is 5.05. The van der Waals surface area contributed by atoms with Crippen LogP contribution in [0.1, 0.15) is 53.9 Å². The van der Waals surface area contributed by atoms with Gasteiger partial charge in [-0.15, -0.1) is 0 Å². The molecule has 2 rings (SSSR count). The molecule has 5 heteroatoms. The SMILES string of the molecule is CC1(C)CCC(Nc2ccc(F)c(NC(=O)OC(C)(C)C)c2)C1. The molecular weight excluding hydrogens is 295 g/mol. The number of halogens is 1. The number of rotatable bonds is 3. The van der Waals surface area contributed by atoms with Crippen molar-refractivity contribution >= 4 is 17.5 Å². The lowest BCUT2D eigenvalue weighted by Crippen LogP contribution is -2.27. The zero-order valence-electron chi connectivity index (χ0n) is 14.6. The fourth-order valence-corrected chi connectivity index (χ4v) is 2.92. The third-order valence-corrected chi connectivity index (χ3v) is 3.94. The van der Waals surface area contributed by atoms with Crippen molar-refractivity contribution in [1.82, 2.24) is 0 Å². The number of hydrogen-bond donors (Lipinski definition) is 2. The number of benzene rings is 1. The van der Waals surface area contributed by atoms with Crippen molar-refractivity contribution in [2.45, 2.75) is 65.5 Å². The standard InChI is InChI=1S/C18H27FN2O2/c1-17(2,3)23-16(22)21-15-10-12(6-7-14(15)19)20-13-8-9-18(4,5)11-13/h6-7,10,13,20H,8-9,11H2,1-5H3,(H,21,22). The Bertz CT molecular complexity index is 579. The molecule has 0 bridgehead atoms. The number of hydrogen-bond acceptors (Lipinski definition) is 3. The summed E-state index contributed by atoms with van der Waals surface area (Å²) < 4.78 is 19.1. The highest BCUT2D eigenvalue weighted by atomic mass is 19.1. The first-order chi connectivity index (χ1) is 10.5. The summed E-state index contributed by atoms with van der Waals surface area (Å²) in [6.45, 7) is 9.82. The summed E-state index contributed by atoms with van der Waals surface area (Å²) in [7, 11) is 0. The van der Waals surface area contributed by atoms with Crippen LogP contribution in [-0.4, -0.2) is 17.7 Å². The Kier molecular flexibility index (Phi) is 4.87. The van der Waals surface area contributed by atoms with E-state index in [9.17, 15) is 9.18 Å². The second-order valence-corrected chi connectivity index (χ2v) is 8.07. The largest absolute Gasteiger partial charge is 0.444 e. The lowest BCUT2D eigenvalue weighted by molar-refractivity contribution is 0.0635. The minimum atomic E-state index is -0.657. The van der Waals surface area contributed by atoms with Crippen LogP contribution in [0.2, 0.25) is 0 Å². The molecule has 2 N–H and O–H groups in total. The smallest absolute Gasteiger partial charge is 0.412 e.